The minimum Gasteiger partial charge on any atom is -0.263 e. The first-order valence-corrected chi connectivity index (χ1v) is 5.16. The second kappa shape index (κ2) is 5.39. The molecule has 1 aromatic heterocycles. The Labute approximate surface area is 85.6 Å². The van der Waals surface area contributed by atoms with Crippen LogP contribution in [0.15, 0.2) is 18.5 Å². The van der Waals surface area contributed by atoms with E-state index in [0.717, 1.165) is 6.42 Å². The minimum absolute atomic E-state index is 0.556. The zero-order valence-corrected chi connectivity index (χ0v) is 8.83. The molecule has 1 heterocycles. The van der Waals surface area contributed by atoms with E-state index in [1.165, 1.54) is 18.4 Å². The van der Waals surface area contributed by atoms with E-state index < -0.39 is 0 Å². The quantitative estimate of drug-likeness (QED) is 0.727. The van der Waals surface area contributed by atoms with Gasteiger partial charge in [0.05, 0.1) is 5.56 Å². The maximum Gasteiger partial charge on any atom is 0.101 e. The molecule has 1 unspecified atom stereocenters. The summed E-state index contributed by atoms with van der Waals surface area (Å²) in [5.41, 5.74) is 1.87. The van der Waals surface area contributed by atoms with Crippen molar-refractivity contribution in [2.45, 2.75) is 39.0 Å². The van der Waals surface area contributed by atoms with Gasteiger partial charge in [-0.1, -0.05) is 20.3 Å². The summed E-state index contributed by atoms with van der Waals surface area (Å²) in [4.78, 5) is 4.08. The highest BCUT2D eigenvalue weighted by Gasteiger charge is 2.08. The van der Waals surface area contributed by atoms with Crippen LogP contribution in [0, 0.1) is 11.3 Å². The lowest BCUT2D eigenvalue weighted by Gasteiger charge is -2.13. The normalized spacial score (nSPS) is 12.1. The Kier molecular flexibility index (Phi) is 4.12. The Morgan fingerprint density at radius 1 is 1.43 bits per heavy atom. The van der Waals surface area contributed by atoms with Crippen LogP contribution in [-0.4, -0.2) is 4.98 Å². The van der Waals surface area contributed by atoms with Crippen molar-refractivity contribution in [2.24, 2.45) is 0 Å². The monoisotopic (exact) mass is 188 g/mol. The van der Waals surface area contributed by atoms with Gasteiger partial charge in [0.2, 0.25) is 0 Å². The third kappa shape index (κ3) is 2.56. The number of hydrogen-bond donors (Lipinski definition) is 0. The number of pyridine rings is 1. The molecule has 0 aliphatic rings. The molecule has 0 amide bonds. The van der Waals surface area contributed by atoms with Gasteiger partial charge in [0.25, 0.3) is 0 Å². The summed E-state index contributed by atoms with van der Waals surface area (Å²) in [6.07, 6.45) is 6.96. The smallest absolute Gasteiger partial charge is 0.101 e. The molecule has 0 aliphatic heterocycles. The average Bonchev–Trinajstić information content (AvgIpc) is 2.26. The topological polar surface area (TPSA) is 36.7 Å². The van der Waals surface area contributed by atoms with Crippen LogP contribution < -0.4 is 0 Å². The van der Waals surface area contributed by atoms with E-state index >= 15 is 0 Å². The number of hydrogen-bond acceptors (Lipinski definition) is 2. The van der Waals surface area contributed by atoms with Gasteiger partial charge in [0, 0.05) is 12.4 Å². The molecule has 2 heteroatoms. The van der Waals surface area contributed by atoms with Gasteiger partial charge >= 0.3 is 0 Å². The lowest BCUT2D eigenvalue weighted by molar-refractivity contribution is 0.594. The average molecular weight is 188 g/mol. The third-order valence-corrected chi connectivity index (χ3v) is 2.49. The van der Waals surface area contributed by atoms with Gasteiger partial charge in [-0.25, -0.2) is 0 Å². The highest BCUT2D eigenvalue weighted by molar-refractivity contribution is 5.30. The van der Waals surface area contributed by atoms with Crippen LogP contribution in [0.5, 0.6) is 0 Å². The van der Waals surface area contributed by atoms with Crippen molar-refractivity contribution in [3.63, 3.8) is 0 Å². The van der Waals surface area contributed by atoms with Gasteiger partial charge < -0.3 is 0 Å². The van der Waals surface area contributed by atoms with Gasteiger partial charge in [-0.3, -0.25) is 4.98 Å². The van der Waals surface area contributed by atoms with Crippen molar-refractivity contribution in [2.75, 3.05) is 0 Å². The van der Waals surface area contributed by atoms with Crippen LogP contribution >= 0.6 is 0 Å². The Bertz CT molecular complexity index is 325. The Morgan fingerprint density at radius 2 is 2.21 bits per heavy atom. The highest BCUT2D eigenvalue weighted by atomic mass is 14.6. The van der Waals surface area contributed by atoms with Crippen molar-refractivity contribution in [1.29, 1.82) is 5.26 Å². The van der Waals surface area contributed by atoms with Gasteiger partial charge in [-0.05, 0) is 30.4 Å². The van der Waals surface area contributed by atoms with Gasteiger partial charge in [-0.15, -0.1) is 0 Å². The van der Waals surface area contributed by atoms with Gasteiger partial charge in [0.1, 0.15) is 6.07 Å². The van der Waals surface area contributed by atoms with Crippen LogP contribution in [0.3, 0.4) is 0 Å². The third-order valence-electron chi connectivity index (χ3n) is 2.49. The van der Waals surface area contributed by atoms with Crippen LogP contribution in [0.2, 0.25) is 0 Å². The molecule has 0 saturated heterocycles. The minimum atomic E-state index is 0.556. The summed E-state index contributed by atoms with van der Waals surface area (Å²) in [6.45, 7) is 4.36. The molecule has 0 bridgehead atoms. The number of rotatable bonds is 4. The molecule has 0 radical (unpaired) electrons. The first-order chi connectivity index (χ1) is 6.81. The molecule has 0 aliphatic carbocycles. The summed E-state index contributed by atoms with van der Waals surface area (Å²) >= 11 is 0. The first kappa shape index (κ1) is 10.7. The number of nitrogens with zero attached hydrogens (tertiary/aromatic N) is 2. The zero-order chi connectivity index (χ0) is 10.4. The number of nitriles is 1. The van der Waals surface area contributed by atoms with Gasteiger partial charge in [0.15, 0.2) is 0 Å². The molecule has 0 N–H and O–H groups in total. The summed E-state index contributed by atoms with van der Waals surface area (Å²) in [5.74, 6) is 0.556. The first-order valence-electron chi connectivity index (χ1n) is 5.16. The lowest BCUT2D eigenvalue weighted by atomic mass is 9.93. The fourth-order valence-corrected chi connectivity index (χ4v) is 1.70. The fraction of sp³-hybridized carbons (Fsp3) is 0.500. The highest BCUT2D eigenvalue weighted by Crippen LogP contribution is 2.24. The van der Waals surface area contributed by atoms with Crippen molar-refractivity contribution >= 4 is 0 Å². The molecule has 2 nitrogen and oxygen atoms in total. The molecule has 1 rings (SSSR count). The van der Waals surface area contributed by atoms with E-state index in [4.69, 9.17) is 5.26 Å². The van der Waals surface area contributed by atoms with Crippen molar-refractivity contribution in [3.05, 3.63) is 29.6 Å². The lowest BCUT2D eigenvalue weighted by Crippen LogP contribution is -1.98. The number of aromatic nitrogens is 1. The molecule has 0 aromatic carbocycles. The van der Waals surface area contributed by atoms with Crippen molar-refractivity contribution in [3.8, 4) is 6.07 Å². The molecule has 0 spiro atoms. The van der Waals surface area contributed by atoms with E-state index in [-0.39, 0.29) is 0 Å². The maximum absolute atomic E-state index is 8.76. The summed E-state index contributed by atoms with van der Waals surface area (Å²) in [7, 11) is 0. The zero-order valence-electron chi connectivity index (χ0n) is 8.83. The van der Waals surface area contributed by atoms with Crippen LogP contribution in [0.1, 0.15) is 50.2 Å². The summed E-state index contributed by atoms with van der Waals surface area (Å²) in [5, 5.41) is 8.76. The Hall–Kier alpha value is -1.36. The van der Waals surface area contributed by atoms with Crippen LogP contribution in [-0.2, 0) is 0 Å². The second-order valence-electron chi connectivity index (χ2n) is 3.51. The molecule has 1 aromatic rings. The van der Waals surface area contributed by atoms with E-state index in [9.17, 15) is 0 Å². The van der Waals surface area contributed by atoms with Crippen molar-refractivity contribution < 1.29 is 0 Å². The Morgan fingerprint density at radius 3 is 2.79 bits per heavy atom. The van der Waals surface area contributed by atoms with Gasteiger partial charge in [-0.2, -0.15) is 5.26 Å². The predicted molar refractivity (Wildman–Crippen MR) is 56.9 cm³/mol. The summed E-state index contributed by atoms with van der Waals surface area (Å²) in [6, 6.07) is 4.08. The largest absolute Gasteiger partial charge is 0.263 e. The van der Waals surface area contributed by atoms with Crippen molar-refractivity contribution in [1.82, 2.24) is 4.98 Å². The molecule has 14 heavy (non-hydrogen) atoms. The standard InChI is InChI=1S/C12H16N2/c1-3-5-11(4-2)12-6-10(7-13)8-14-9-12/h6,8-9,11H,3-5H2,1-2H3. The molecule has 0 fully saturated rings. The van der Waals surface area contributed by atoms with E-state index in [0.29, 0.717) is 11.5 Å². The second-order valence-corrected chi connectivity index (χ2v) is 3.51. The fourth-order valence-electron chi connectivity index (χ4n) is 1.70. The Balaban J connectivity index is 2.87. The van der Waals surface area contributed by atoms with E-state index in [2.05, 4.69) is 24.9 Å². The molecular formula is C12H16N2. The van der Waals surface area contributed by atoms with E-state index in [1.807, 2.05) is 12.3 Å². The van der Waals surface area contributed by atoms with Crippen LogP contribution in [0.4, 0.5) is 0 Å². The van der Waals surface area contributed by atoms with Crippen LogP contribution in [0.25, 0.3) is 0 Å². The SMILES string of the molecule is CCCC(CC)c1cncc(C#N)c1. The maximum atomic E-state index is 8.76. The molecular weight excluding hydrogens is 172 g/mol. The van der Waals surface area contributed by atoms with E-state index in [1.54, 1.807) is 6.20 Å². The predicted octanol–water partition coefficient (Wildman–Crippen LogP) is 3.25. The molecule has 0 saturated carbocycles. The molecule has 1 atom stereocenters. The summed E-state index contributed by atoms with van der Waals surface area (Å²) < 4.78 is 0. The molecule has 74 valence electrons.